The highest BCUT2D eigenvalue weighted by atomic mass is 16.2. The van der Waals surface area contributed by atoms with Crippen molar-refractivity contribution in [1.82, 2.24) is 9.13 Å². The minimum Gasteiger partial charge on any atom is -0.338 e. The molecule has 128 valence electrons. The van der Waals surface area contributed by atoms with Gasteiger partial charge in [-0.3, -0.25) is 13.9 Å². The van der Waals surface area contributed by atoms with Gasteiger partial charge in [0.05, 0.1) is 0 Å². The van der Waals surface area contributed by atoms with Gasteiger partial charge in [-0.1, -0.05) is 49.8 Å². The fourth-order valence-electron chi connectivity index (χ4n) is 2.61. The second-order valence-corrected chi connectivity index (χ2v) is 5.93. The van der Waals surface area contributed by atoms with Crippen molar-refractivity contribution in [1.29, 1.82) is 0 Å². The summed E-state index contributed by atoms with van der Waals surface area (Å²) in [7, 11) is 3.21. The molecule has 0 atom stereocenters. The van der Waals surface area contributed by atoms with Crippen LogP contribution in [0.15, 0.2) is 52.2 Å². The Morgan fingerprint density at radius 2 is 1.75 bits per heavy atom. The van der Waals surface area contributed by atoms with E-state index in [4.69, 9.17) is 0 Å². The van der Waals surface area contributed by atoms with Crippen molar-refractivity contribution in [2.24, 2.45) is 14.1 Å². The molecular weight excluding hydrogens is 302 g/mol. The molecule has 1 heterocycles. The zero-order valence-electron chi connectivity index (χ0n) is 14.8. The van der Waals surface area contributed by atoms with Gasteiger partial charge in [0.15, 0.2) is 0 Å². The molecule has 0 bridgehead atoms. The average molecular weight is 327 g/mol. The lowest BCUT2D eigenvalue weighted by molar-refractivity contribution is 0.662. The predicted molar refractivity (Wildman–Crippen MR) is 98.3 cm³/mol. The molecule has 0 aliphatic rings. The molecule has 0 aliphatic carbocycles. The molecule has 1 aromatic carbocycles. The van der Waals surface area contributed by atoms with E-state index >= 15 is 0 Å². The first-order valence-electron chi connectivity index (χ1n) is 8.21. The van der Waals surface area contributed by atoms with E-state index in [0.29, 0.717) is 17.9 Å². The van der Waals surface area contributed by atoms with Gasteiger partial charge in [0.2, 0.25) is 0 Å². The molecule has 24 heavy (non-hydrogen) atoms. The van der Waals surface area contributed by atoms with E-state index < -0.39 is 0 Å². The van der Waals surface area contributed by atoms with Crippen molar-refractivity contribution in [3.05, 3.63) is 74.7 Å². The van der Waals surface area contributed by atoms with E-state index in [1.807, 2.05) is 48.4 Å². The Kier molecular flexibility index (Phi) is 5.79. The summed E-state index contributed by atoms with van der Waals surface area (Å²) >= 11 is 0. The molecule has 0 aliphatic heterocycles. The third-order valence-electron chi connectivity index (χ3n) is 4.15. The largest absolute Gasteiger partial charge is 0.338 e. The molecule has 0 spiro atoms. The number of rotatable bonds is 6. The molecule has 0 saturated heterocycles. The molecule has 2 aromatic rings. The highest BCUT2D eigenvalue weighted by molar-refractivity contribution is 5.52. The highest BCUT2D eigenvalue weighted by Gasteiger charge is 2.17. The van der Waals surface area contributed by atoms with Gasteiger partial charge in [-0.2, -0.15) is 0 Å². The Morgan fingerprint density at radius 3 is 2.38 bits per heavy atom. The van der Waals surface area contributed by atoms with Gasteiger partial charge in [-0.25, -0.2) is 4.79 Å². The molecule has 0 amide bonds. The predicted octanol–water partition coefficient (Wildman–Crippen LogP) is 2.71. The summed E-state index contributed by atoms with van der Waals surface area (Å²) in [6.07, 6.45) is 5.99. The van der Waals surface area contributed by atoms with Crippen LogP contribution in [0.25, 0.3) is 0 Å². The third-order valence-corrected chi connectivity index (χ3v) is 4.15. The second kappa shape index (κ2) is 7.81. The lowest BCUT2D eigenvalue weighted by atomic mass is 10.2. The van der Waals surface area contributed by atoms with Gasteiger partial charge < -0.3 is 4.90 Å². The maximum Gasteiger partial charge on any atom is 0.330 e. The van der Waals surface area contributed by atoms with Gasteiger partial charge in [0.1, 0.15) is 5.69 Å². The molecule has 0 N–H and O–H groups in total. The smallest absolute Gasteiger partial charge is 0.330 e. The summed E-state index contributed by atoms with van der Waals surface area (Å²) in [5.41, 5.74) is 1.73. The monoisotopic (exact) mass is 327 g/mol. The summed E-state index contributed by atoms with van der Waals surface area (Å²) < 4.78 is 2.68. The van der Waals surface area contributed by atoms with Crippen molar-refractivity contribution in [2.75, 3.05) is 4.90 Å². The molecule has 5 nitrogen and oxygen atoms in total. The van der Waals surface area contributed by atoms with Crippen LogP contribution in [-0.4, -0.2) is 9.13 Å². The molecule has 0 fully saturated rings. The fourth-order valence-corrected chi connectivity index (χ4v) is 2.61. The van der Waals surface area contributed by atoms with Crippen molar-refractivity contribution in [3.63, 3.8) is 0 Å². The molecule has 0 saturated carbocycles. The average Bonchev–Trinajstić information content (AvgIpc) is 2.59. The molecule has 2 rings (SSSR count). The van der Waals surface area contributed by atoms with Crippen LogP contribution in [0.5, 0.6) is 0 Å². The number of allylic oxidation sites excluding steroid dienone is 1. The van der Waals surface area contributed by atoms with Gasteiger partial charge in [-0.15, -0.1) is 0 Å². The van der Waals surface area contributed by atoms with Crippen LogP contribution < -0.4 is 16.1 Å². The number of nitrogens with zero attached hydrogens (tertiary/aromatic N) is 3. The second-order valence-electron chi connectivity index (χ2n) is 5.93. The Morgan fingerprint density at radius 1 is 1.08 bits per heavy atom. The van der Waals surface area contributed by atoms with E-state index in [2.05, 4.69) is 13.0 Å². The summed E-state index contributed by atoms with van der Waals surface area (Å²) in [5.74, 6) is 0. The van der Waals surface area contributed by atoms with Crippen LogP contribution in [0, 0.1) is 6.92 Å². The number of aromatic nitrogens is 2. The molecular formula is C19H25N3O2. The van der Waals surface area contributed by atoms with Gasteiger partial charge >= 0.3 is 5.69 Å². The summed E-state index contributed by atoms with van der Waals surface area (Å²) in [4.78, 5) is 26.7. The number of anilines is 1. The fraction of sp³-hybridized carbons (Fsp3) is 0.368. The zero-order valence-corrected chi connectivity index (χ0v) is 14.8. The van der Waals surface area contributed by atoms with Crippen LogP contribution in [0.3, 0.4) is 0 Å². The molecule has 0 radical (unpaired) electrons. The first kappa shape index (κ1) is 17.8. The lowest BCUT2D eigenvalue weighted by Crippen LogP contribution is -2.41. The Labute approximate surface area is 142 Å². The number of hydrogen-bond donors (Lipinski definition) is 0. The van der Waals surface area contributed by atoms with Crippen LogP contribution in [0.1, 0.15) is 31.0 Å². The minimum atomic E-state index is -0.307. The van der Waals surface area contributed by atoms with Crippen LogP contribution in [0.4, 0.5) is 5.69 Å². The number of benzene rings is 1. The third kappa shape index (κ3) is 3.67. The van der Waals surface area contributed by atoms with Crippen molar-refractivity contribution < 1.29 is 0 Å². The van der Waals surface area contributed by atoms with Crippen molar-refractivity contribution >= 4 is 5.69 Å². The molecule has 1 aromatic heterocycles. The van der Waals surface area contributed by atoms with Gasteiger partial charge in [-0.05, 0) is 18.9 Å². The van der Waals surface area contributed by atoms with Crippen LogP contribution in [-0.2, 0) is 20.6 Å². The van der Waals surface area contributed by atoms with E-state index in [-0.39, 0.29) is 11.2 Å². The van der Waals surface area contributed by atoms with Crippen molar-refractivity contribution in [2.45, 2.75) is 33.2 Å². The first-order chi connectivity index (χ1) is 11.5. The first-order valence-corrected chi connectivity index (χ1v) is 8.21. The Bertz CT molecular complexity index is 832. The topological polar surface area (TPSA) is 47.2 Å². The number of unbranched alkanes of at least 4 members (excludes halogenated alkanes) is 1. The minimum absolute atomic E-state index is 0.271. The molecule has 5 heteroatoms. The summed E-state index contributed by atoms with van der Waals surface area (Å²) in [6, 6.07) is 9.99. The van der Waals surface area contributed by atoms with E-state index in [9.17, 15) is 9.59 Å². The highest BCUT2D eigenvalue weighted by Crippen LogP contribution is 2.17. The summed E-state index contributed by atoms with van der Waals surface area (Å²) in [6.45, 7) is 4.50. The van der Waals surface area contributed by atoms with E-state index in [0.717, 1.165) is 23.0 Å². The standard InChI is InChI=1S/C19H25N3O2/c1-5-6-10-13-22(14-16-11-8-7-9-12-16)17-15(2)20(3)19(24)21(4)18(17)23/h7-13H,5-6,14H2,1-4H3/b13-10+. The van der Waals surface area contributed by atoms with Crippen LogP contribution in [0.2, 0.25) is 0 Å². The maximum absolute atomic E-state index is 12.7. The van der Waals surface area contributed by atoms with Crippen molar-refractivity contribution in [3.8, 4) is 0 Å². The molecule has 0 unspecified atom stereocenters. The summed E-state index contributed by atoms with van der Waals surface area (Å²) in [5, 5.41) is 0. The maximum atomic E-state index is 12.7. The lowest BCUT2D eigenvalue weighted by Gasteiger charge is -2.23. The Hall–Kier alpha value is -2.56. The van der Waals surface area contributed by atoms with Gasteiger partial charge in [0, 0.05) is 32.5 Å². The van der Waals surface area contributed by atoms with Gasteiger partial charge in [0.25, 0.3) is 5.56 Å². The Balaban J connectivity index is 2.55. The SMILES string of the molecule is CCC/C=C/N(Cc1ccccc1)c1c(C)n(C)c(=O)n(C)c1=O. The van der Waals surface area contributed by atoms with E-state index in [1.165, 1.54) is 11.6 Å². The quantitative estimate of drug-likeness (QED) is 0.819. The zero-order chi connectivity index (χ0) is 17.7. The number of hydrogen-bond acceptors (Lipinski definition) is 3. The normalized spacial score (nSPS) is 11.2. The van der Waals surface area contributed by atoms with E-state index in [1.54, 1.807) is 7.05 Å². The van der Waals surface area contributed by atoms with Crippen LogP contribution >= 0.6 is 0 Å².